The number of piperazine rings is 1. The molecular weight excluding hydrogens is 983 g/mol. The van der Waals surface area contributed by atoms with Crippen LogP contribution < -0.4 is 20.1 Å². The predicted octanol–water partition coefficient (Wildman–Crippen LogP) is 6.17. The molecule has 3 N–H and O–H groups in total. The van der Waals surface area contributed by atoms with Gasteiger partial charge in [0.2, 0.25) is 17.7 Å². The van der Waals surface area contributed by atoms with Crippen LogP contribution in [0.3, 0.4) is 0 Å². The van der Waals surface area contributed by atoms with Crippen molar-refractivity contribution in [1.29, 1.82) is 0 Å². The topological polar surface area (TPSA) is 203 Å². The van der Waals surface area contributed by atoms with E-state index in [0.29, 0.717) is 40.3 Å². The Morgan fingerprint density at radius 3 is 2.18 bits per heavy atom. The minimum atomic E-state index is -1.70. The molecule has 5 aliphatic rings. The number of rotatable bonds is 20. The number of hydrogen-bond donors (Lipinski definition) is 3. The highest BCUT2D eigenvalue weighted by Gasteiger charge is 2.74. The molecule has 0 aliphatic carbocycles. The molecule has 4 saturated heterocycles. The summed E-state index contributed by atoms with van der Waals surface area (Å²) in [4.78, 5) is 92.6. The lowest BCUT2D eigenvalue weighted by Crippen LogP contribution is -2.61. The summed E-state index contributed by atoms with van der Waals surface area (Å²) in [6, 6.07) is 34.8. The van der Waals surface area contributed by atoms with Crippen LogP contribution in [0.5, 0.6) is 11.5 Å². The summed E-state index contributed by atoms with van der Waals surface area (Å²) in [7, 11) is 3.96. The lowest BCUT2D eigenvalue weighted by molar-refractivity contribution is -0.180. The zero-order valence-corrected chi connectivity index (χ0v) is 43.0. The first-order valence-electron chi connectivity index (χ1n) is 26.2. The van der Waals surface area contributed by atoms with E-state index >= 15 is 4.79 Å². The van der Waals surface area contributed by atoms with Crippen LogP contribution >= 0.6 is 0 Å². The maximum atomic E-state index is 15.2. The van der Waals surface area contributed by atoms with Gasteiger partial charge in [-0.05, 0) is 104 Å². The van der Waals surface area contributed by atoms with Crippen molar-refractivity contribution in [3.05, 3.63) is 174 Å². The largest absolute Gasteiger partial charge is 0.491 e. The number of amides is 3. The SMILES string of the molecule is C=CCOC(=O)[C@H]1[C@@H]2C(=O)O[C@@H](c3ccccc3)[C@@H](c3ccccc3)N2[C@@H](c2ccc(OCCOC(=O)[C@H]3C[C@H]4C(=O)N[C@@H](CCCCN(C)C)C(=O)N4[C@H]3c3cccc(OCCO)c3)cc2)[C@]12C(=O)Nc1ccccc12. The molecule has 4 fully saturated rings. The van der Waals surface area contributed by atoms with Crippen LogP contribution in [-0.2, 0) is 48.4 Å². The molecule has 17 heteroatoms. The Morgan fingerprint density at radius 2 is 1.45 bits per heavy atom. The van der Waals surface area contributed by atoms with Gasteiger partial charge in [-0.1, -0.05) is 116 Å². The van der Waals surface area contributed by atoms with Crippen molar-refractivity contribution >= 4 is 41.3 Å². The average Bonchev–Trinajstić information content (AvgIpc) is 3.75. The maximum Gasteiger partial charge on any atom is 0.325 e. The third kappa shape index (κ3) is 9.94. The first-order valence-corrected chi connectivity index (χ1v) is 26.2. The zero-order chi connectivity index (χ0) is 53.8. The molecule has 3 amide bonds. The number of aliphatic hydroxyl groups is 1. The smallest absolute Gasteiger partial charge is 0.325 e. The van der Waals surface area contributed by atoms with Crippen LogP contribution in [0.4, 0.5) is 5.69 Å². The molecule has 5 aliphatic heterocycles. The van der Waals surface area contributed by atoms with Crippen molar-refractivity contribution in [2.45, 2.75) is 73.5 Å². The number of hydrogen-bond acceptors (Lipinski definition) is 14. The lowest BCUT2D eigenvalue weighted by atomic mass is 9.65. The van der Waals surface area contributed by atoms with Gasteiger partial charge in [-0.3, -0.25) is 33.7 Å². The number of cyclic esters (lactones) is 1. The number of benzene rings is 5. The van der Waals surface area contributed by atoms with Crippen molar-refractivity contribution in [3.63, 3.8) is 0 Å². The van der Waals surface area contributed by atoms with Gasteiger partial charge in [0, 0.05) is 5.69 Å². The van der Waals surface area contributed by atoms with Gasteiger partial charge in [0.25, 0.3) is 0 Å². The number of morpholine rings is 1. The molecule has 17 nitrogen and oxygen atoms in total. The van der Waals surface area contributed by atoms with Crippen LogP contribution in [-0.4, -0.2) is 127 Å². The maximum absolute atomic E-state index is 15.2. The van der Waals surface area contributed by atoms with E-state index in [1.165, 1.54) is 11.0 Å². The highest BCUT2D eigenvalue weighted by Crippen LogP contribution is 2.65. The number of fused-ring (bicyclic) bond motifs is 4. The number of unbranched alkanes of at least 4 members (excludes halogenated alkanes) is 1. The van der Waals surface area contributed by atoms with Crippen molar-refractivity contribution in [2.75, 3.05) is 59.0 Å². The number of carbonyl (C=O) groups is 6. The molecule has 0 radical (unpaired) electrons. The van der Waals surface area contributed by atoms with Crippen molar-refractivity contribution in [2.24, 2.45) is 11.8 Å². The van der Waals surface area contributed by atoms with E-state index in [4.69, 9.17) is 23.7 Å². The Kier molecular flexibility index (Phi) is 15.5. The summed E-state index contributed by atoms with van der Waals surface area (Å²) in [6.07, 6.45) is 2.65. The number of anilines is 1. The second-order valence-electron chi connectivity index (χ2n) is 20.3. The Morgan fingerprint density at radius 1 is 0.753 bits per heavy atom. The van der Waals surface area contributed by atoms with Crippen LogP contribution in [0.2, 0.25) is 0 Å². The minimum Gasteiger partial charge on any atom is -0.491 e. The fourth-order valence-electron chi connectivity index (χ4n) is 12.3. The summed E-state index contributed by atoms with van der Waals surface area (Å²) in [5.41, 5.74) is 2.06. The molecule has 0 saturated carbocycles. The first kappa shape index (κ1) is 52.6. The molecule has 0 unspecified atom stereocenters. The van der Waals surface area contributed by atoms with Crippen LogP contribution in [0, 0.1) is 11.8 Å². The molecule has 0 bridgehead atoms. The van der Waals surface area contributed by atoms with E-state index in [2.05, 4.69) is 22.1 Å². The number of ether oxygens (including phenoxy) is 5. The van der Waals surface area contributed by atoms with Crippen molar-refractivity contribution < 1.29 is 57.6 Å². The van der Waals surface area contributed by atoms with E-state index < -0.39 is 83.4 Å². The normalized spacial score (nSPS) is 26.3. The van der Waals surface area contributed by atoms with Gasteiger partial charge >= 0.3 is 17.9 Å². The summed E-state index contributed by atoms with van der Waals surface area (Å²) in [5, 5.41) is 15.4. The van der Waals surface area contributed by atoms with Gasteiger partial charge in [-0.15, -0.1) is 0 Å². The van der Waals surface area contributed by atoms with Gasteiger partial charge in [0.05, 0.1) is 30.7 Å². The fraction of sp³-hybridized carbons (Fsp3) is 0.367. The summed E-state index contributed by atoms with van der Waals surface area (Å²) in [5.74, 6) is -4.52. The number of nitrogens with zero attached hydrogens (tertiary/aromatic N) is 3. The monoisotopic (exact) mass is 1050 g/mol. The fourth-order valence-corrected chi connectivity index (χ4v) is 12.3. The van der Waals surface area contributed by atoms with Crippen LogP contribution in [0.25, 0.3) is 0 Å². The standard InChI is InChI=1S/C60H63N5O12/c1-4-31-75-57(70)48-51-58(71)77-52(38-18-9-6-10-19-38)50(37-16-7-5-8-17-37)65(51)53(60(48)44-22-11-12-23-45(44)62-59(60)72)39-25-27-41(28-26-39)74-33-34-76-56(69)43-36-47-54(67)61-46(24-13-14-29-63(2)3)55(68)64(47)49(43)40-20-15-21-42(35-40)73-32-30-66/h4-12,15-23,25-28,35,43,46-53,66H,1,13-14,24,29-34,36H2,2-3H3,(H,61,67)(H,62,72)/t43-,46-,47-,48+,49-,50+,51+,52-,53-,60+/m0/s1. The lowest BCUT2D eigenvalue weighted by Gasteiger charge is -2.46. The quantitative estimate of drug-likeness (QED) is 0.0346. The number of esters is 3. The molecule has 77 heavy (non-hydrogen) atoms. The average molecular weight is 1050 g/mol. The number of aliphatic hydroxyl groups excluding tert-OH is 1. The van der Waals surface area contributed by atoms with E-state index in [0.717, 1.165) is 30.5 Å². The van der Waals surface area contributed by atoms with Gasteiger partial charge in [-0.25, -0.2) is 0 Å². The Labute approximate surface area is 447 Å². The molecule has 10 rings (SSSR count). The molecular formula is C60H63N5O12. The molecule has 0 aromatic heterocycles. The molecule has 5 aromatic rings. The molecule has 10 atom stereocenters. The highest BCUT2D eigenvalue weighted by atomic mass is 16.6. The van der Waals surface area contributed by atoms with Crippen LogP contribution in [0.1, 0.15) is 77.7 Å². The first-order chi connectivity index (χ1) is 37.5. The minimum absolute atomic E-state index is 0.0449. The van der Waals surface area contributed by atoms with Gasteiger partial charge in [0.1, 0.15) is 73.5 Å². The summed E-state index contributed by atoms with van der Waals surface area (Å²) >= 11 is 0. The highest BCUT2D eigenvalue weighted by molar-refractivity contribution is 6.11. The second kappa shape index (κ2) is 22.8. The second-order valence-corrected chi connectivity index (χ2v) is 20.3. The van der Waals surface area contributed by atoms with Crippen molar-refractivity contribution in [3.8, 4) is 11.5 Å². The van der Waals surface area contributed by atoms with E-state index in [-0.39, 0.29) is 51.3 Å². The van der Waals surface area contributed by atoms with E-state index in [1.807, 2.05) is 97.9 Å². The molecule has 5 heterocycles. The third-order valence-electron chi connectivity index (χ3n) is 15.5. The number of nitrogens with one attached hydrogen (secondary N) is 2. The zero-order valence-electron chi connectivity index (χ0n) is 43.0. The van der Waals surface area contributed by atoms with Gasteiger partial charge in [-0.2, -0.15) is 0 Å². The van der Waals surface area contributed by atoms with Gasteiger partial charge < -0.3 is 49.2 Å². The number of para-hydroxylation sites is 1. The Bertz CT molecular complexity index is 2990. The Balaban J connectivity index is 0.930. The Hall–Kier alpha value is -7.86. The number of carbonyl (C=O) groups excluding carboxylic acids is 6. The van der Waals surface area contributed by atoms with Crippen molar-refractivity contribution in [1.82, 2.24) is 20.0 Å². The summed E-state index contributed by atoms with van der Waals surface area (Å²) < 4.78 is 30.1. The van der Waals surface area contributed by atoms with Gasteiger partial charge in [0.15, 0.2) is 0 Å². The molecule has 400 valence electrons. The molecule has 5 aromatic carbocycles. The summed E-state index contributed by atoms with van der Waals surface area (Å²) in [6.45, 7) is 4.03. The third-order valence-corrected chi connectivity index (χ3v) is 15.5. The van der Waals surface area contributed by atoms with Crippen LogP contribution in [0.15, 0.2) is 146 Å². The van der Waals surface area contributed by atoms with E-state index in [1.54, 1.807) is 54.6 Å². The van der Waals surface area contributed by atoms with E-state index in [9.17, 15) is 29.1 Å². The predicted molar refractivity (Wildman–Crippen MR) is 282 cm³/mol. The molecule has 1 spiro atoms.